The van der Waals surface area contributed by atoms with Crippen molar-refractivity contribution in [1.82, 2.24) is 4.90 Å². The minimum Gasteiger partial charge on any atom is -0.460 e. The number of furan rings is 1. The summed E-state index contributed by atoms with van der Waals surface area (Å²) in [5.74, 6) is 1.86. The van der Waals surface area contributed by atoms with Gasteiger partial charge in [-0.25, -0.2) is 0 Å². The number of nitrogens with zero attached hydrogens (tertiary/aromatic N) is 1. The van der Waals surface area contributed by atoms with Crippen LogP contribution >= 0.6 is 11.6 Å². The smallest absolute Gasteiger partial charge is 0.134 e. The second kappa shape index (κ2) is 8.89. The van der Waals surface area contributed by atoms with Gasteiger partial charge in [0, 0.05) is 17.1 Å². The van der Waals surface area contributed by atoms with E-state index in [4.69, 9.17) is 16.0 Å². The molecular formula is C22H24ClNO. The van der Waals surface area contributed by atoms with Crippen LogP contribution in [0.15, 0.2) is 71.1 Å². The van der Waals surface area contributed by atoms with Gasteiger partial charge in [0.25, 0.3) is 0 Å². The number of hydrogen-bond donors (Lipinski definition) is 0. The molecule has 3 aromatic rings. The van der Waals surface area contributed by atoms with Crippen molar-refractivity contribution in [3.8, 4) is 11.3 Å². The van der Waals surface area contributed by atoms with Gasteiger partial charge in [-0.05, 0) is 42.8 Å². The Kier molecular flexibility index (Phi) is 6.32. The van der Waals surface area contributed by atoms with E-state index >= 15 is 0 Å². The molecule has 0 bridgehead atoms. The average Bonchev–Trinajstić information content (AvgIpc) is 3.09. The molecule has 0 saturated heterocycles. The maximum atomic E-state index is 6.08. The molecule has 1 heterocycles. The van der Waals surface area contributed by atoms with Crippen molar-refractivity contribution < 1.29 is 4.42 Å². The van der Waals surface area contributed by atoms with Crippen molar-refractivity contribution in [2.75, 3.05) is 6.54 Å². The highest BCUT2D eigenvalue weighted by Gasteiger charge is 2.11. The van der Waals surface area contributed by atoms with Gasteiger partial charge in [0.05, 0.1) is 6.54 Å². The van der Waals surface area contributed by atoms with E-state index in [0.717, 1.165) is 41.7 Å². The second-order valence-electron chi connectivity index (χ2n) is 6.33. The molecule has 0 amide bonds. The second-order valence-corrected chi connectivity index (χ2v) is 6.76. The average molecular weight is 354 g/mol. The molecule has 0 aliphatic heterocycles. The largest absolute Gasteiger partial charge is 0.460 e. The maximum Gasteiger partial charge on any atom is 0.134 e. The Morgan fingerprint density at radius 3 is 2.52 bits per heavy atom. The lowest BCUT2D eigenvalue weighted by Crippen LogP contribution is -2.23. The lowest BCUT2D eigenvalue weighted by Gasteiger charge is -2.21. The van der Waals surface area contributed by atoms with Crippen LogP contribution in [0.3, 0.4) is 0 Å². The molecule has 0 aliphatic rings. The predicted octanol–water partition coefficient (Wildman–Crippen LogP) is 6.40. The van der Waals surface area contributed by atoms with E-state index in [1.165, 1.54) is 18.4 Å². The third-order valence-electron chi connectivity index (χ3n) is 4.23. The van der Waals surface area contributed by atoms with Gasteiger partial charge >= 0.3 is 0 Å². The quantitative estimate of drug-likeness (QED) is 0.465. The summed E-state index contributed by atoms with van der Waals surface area (Å²) in [7, 11) is 0. The molecule has 25 heavy (non-hydrogen) atoms. The van der Waals surface area contributed by atoms with Crippen LogP contribution in [-0.4, -0.2) is 11.4 Å². The molecule has 0 unspecified atom stereocenters. The van der Waals surface area contributed by atoms with Gasteiger partial charge in [-0.1, -0.05) is 67.4 Å². The highest BCUT2D eigenvalue weighted by molar-refractivity contribution is 6.30. The summed E-state index contributed by atoms with van der Waals surface area (Å²) in [6.45, 7) is 5.05. The minimum atomic E-state index is 0.726. The summed E-state index contributed by atoms with van der Waals surface area (Å²) in [5, 5.41) is 0.726. The highest BCUT2D eigenvalue weighted by Crippen LogP contribution is 2.25. The van der Waals surface area contributed by atoms with Gasteiger partial charge < -0.3 is 4.42 Å². The Morgan fingerprint density at radius 2 is 1.76 bits per heavy atom. The van der Waals surface area contributed by atoms with E-state index in [1.54, 1.807) is 0 Å². The normalized spacial score (nSPS) is 11.2. The Morgan fingerprint density at radius 1 is 0.920 bits per heavy atom. The highest BCUT2D eigenvalue weighted by atomic mass is 35.5. The molecule has 130 valence electrons. The summed E-state index contributed by atoms with van der Waals surface area (Å²) < 4.78 is 6.07. The first kappa shape index (κ1) is 17.8. The fraction of sp³-hybridized carbons (Fsp3) is 0.273. The van der Waals surface area contributed by atoms with Crippen molar-refractivity contribution in [2.45, 2.75) is 32.9 Å². The molecule has 2 aromatic carbocycles. The molecule has 0 atom stereocenters. The van der Waals surface area contributed by atoms with Crippen LogP contribution < -0.4 is 0 Å². The molecule has 0 spiro atoms. The van der Waals surface area contributed by atoms with Crippen LogP contribution in [0.1, 0.15) is 31.1 Å². The van der Waals surface area contributed by atoms with Crippen LogP contribution in [0.25, 0.3) is 11.3 Å². The Bertz CT molecular complexity index is 781. The molecule has 3 heteroatoms. The van der Waals surface area contributed by atoms with Crippen molar-refractivity contribution in [2.24, 2.45) is 0 Å². The van der Waals surface area contributed by atoms with Crippen LogP contribution in [0, 0.1) is 0 Å². The summed E-state index contributed by atoms with van der Waals surface area (Å²) >= 11 is 6.08. The van der Waals surface area contributed by atoms with Gasteiger partial charge in [-0.3, -0.25) is 4.90 Å². The first-order chi connectivity index (χ1) is 12.2. The number of benzene rings is 2. The lowest BCUT2D eigenvalue weighted by atomic mass is 10.2. The summed E-state index contributed by atoms with van der Waals surface area (Å²) in [4.78, 5) is 2.44. The minimum absolute atomic E-state index is 0.726. The SMILES string of the molecule is CCCCN(Cc1ccccc1)Cc1ccc(-c2cccc(Cl)c2)o1. The molecule has 0 fully saturated rings. The van der Waals surface area contributed by atoms with Crippen molar-refractivity contribution in [3.05, 3.63) is 83.1 Å². The number of hydrogen-bond acceptors (Lipinski definition) is 2. The predicted molar refractivity (Wildman–Crippen MR) is 105 cm³/mol. The molecule has 3 rings (SSSR count). The Hall–Kier alpha value is -2.03. The van der Waals surface area contributed by atoms with E-state index in [1.807, 2.05) is 30.3 Å². The van der Waals surface area contributed by atoms with Gasteiger partial charge in [-0.15, -0.1) is 0 Å². The number of halogens is 1. The van der Waals surface area contributed by atoms with Gasteiger partial charge in [0.1, 0.15) is 11.5 Å². The number of rotatable bonds is 8. The lowest BCUT2D eigenvalue weighted by molar-refractivity contribution is 0.233. The van der Waals surface area contributed by atoms with Crippen LogP contribution in [-0.2, 0) is 13.1 Å². The third-order valence-corrected chi connectivity index (χ3v) is 4.46. The van der Waals surface area contributed by atoms with E-state index in [-0.39, 0.29) is 0 Å². The fourth-order valence-corrected chi connectivity index (χ4v) is 3.11. The van der Waals surface area contributed by atoms with Crippen LogP contribution in [0.5, 0.6) is 0 Å². The Balaban J connectivity index is 1.71. The van der Waals surface area contributed by atoms with E-state index in [2.05, 4.69) is 48.2 Å². The van der Waals surface area contributed by atoms with Gasteiger partial charge in [-0.2, -0.15) is 0 Å². The molecule has 0 aliphatic carbocycles. The van der Waals surface area contributed by atoms with Crippen LogP contribution in [0.4, 0.5) is 0 Å². The zero-order valence-electron chi connectivity index (χ0n) is 14.6. The fourth-order valence-electron chi connectivity index (χ4n) is 2.92. The van der Waals surface area contributed by atoms with E-state index in [9.17, 15) is 0 Å². The molecule has 2 nitrogen and oxygen atoms in total. The summed E-state index contributed by atoms with van der Waals surface area (Å²) in [6.07, 6.45) is 2.38. The van der Waals surface area contributed by atoms with Gasteiger partial charge in [0.2, 0.25) is 0 Å². The third kappa shape index (κ3) is 5.22. The monoisotopic (exact) mass is 353 g/mol. The summed E-state index contributed by atoms with van der Waals surface area (Å²) in [5.41, 5.74) is 2.35. The van der Waals surface area contributed by atoms with Crippen molar-refractivity contribution in [3.63, 3.8) is 0 Å². The number of unbranched alkanes of at least 4 members (excludes halogenated alkanes) is 1. The van der Waals surface area contributed by atoms with Crippen molar-refractivity contribution in [1.29, 1.82) is 0 Å². The van der Waals surface area contributed by atoms with Crippen LogP contribution in [0.2, 0.25) is 5.02 Å². The topological polar surface area (TPSA) is 16.4 Å². The molecule has 0 radical (unpaired) electrons. The zero-order valence-corrected chi connectivity index (χ0v) is 15.4. The Labute approximate surface area is 155 Å². The summed E-state index contributed by atoms with van der Waals surface area (Å²) in [6, 6.07) is 22.5. The first-order valence-corrected chi connectivity index (χ1v) is 9.23. The van der Waals surface area contributed by atoms with Crippen molar-refractivity contribution >= 4 is 11.6 Å². The standard InChI is InChI=1S/C22H24ClNO/c1-2-3-14-24(16-18-8-5-4-6-9-18)17-21-12-13-22(25-21)19-10-7-11-20(23)15-19/h4-13,15H,2-3,14,16-17H2,1H3. The van der Waals surface area contributed by atoms with Gasteiger partial charge in [0.15, 0.2) is 0 Å². The zero-order chi connectivity index (χ0) is 17.5. The first-order valence-electron chi connectivity index (χ1n) is 8.85. The maximum absolute atomic E-state index is 6.08. The van der Waals surface area contributed by atoms with E-state index in [0.29, 0.717) is 0 Å². The molecular weight excluding hydrogens is 330 g/mol. The molecule has 0 saturated carbocycles. The molecule has 0 N–H and O–H groups in total. The molecule has 1 aromatic heterocycles. The van der Waals surface area contributed by atoms with E-state index < -0.39 is 0 Å².